The number of piperazine rings is 1. The van der Waals surface area contributed by atoms with Crippen molar-refractivity contribution in [1.29, 1.82) is 0 Å². The first-order chi connectivity index (χ1) is 12.2. The summed E-state index contributed by atoms with van der Waals surface area (Å²) < 4.78 is 1.06. The van der Waals surface area contributed by atoms with Crippen LogP contribution in [0.5, 0.6) is 0 Å². The maximum Gasteiger partial charge on any atom is 0.136 e. The number of thioether (sulfide) groups is 1. The van der Waals surface area contributed by atoms with Gasteiger partial charge < -0.3 is 9.80 Å². The number of rotatable bonds is 5. The predicted molar refractivity (Wildman–Crippen MR) is 113 cm³/mol. The Balaban J connectivity index is 1.59. The minimum absolute atomic E-state index is 0.435. The van der Waals surface area contributed by atoms with E-state index >= 15 is 0 Å². The Morgan fingerprint density at radius 2 is 1.44 bits per heavy atom. The first-order valence-electron chi connectivity index (χ1n) is 8.94. The smallest absolute Gasteiger partial charge is 0.136 e. The van der Waals surface area contributed by atoms with Gasteiger partial charge >= 0.3 is 0 Å². The first-order valence-corrected chi connectivity index (χ1v) is 10.3. The molecule has 1 aliphatic rings. The molecule has 1 aliphatic heterocycles. The van der Waals surface area contributed by atoms with E-state index in [0.717, 1.165) is 42.7 Å². The monoisotopic (exact) mass is 370 g/mol. The molecule has 3 rings (SSSR count). The van der Waals surface area contributed by atoms with Crippen LogP contribution in [0.1, 0.15) is 23.5 Å². The standard InChI is InChI=1S/C21H26N2S2/c1-22-13-15-23(16-14-22)21(24)25-17-12-20(18-8-4-2-5-9-18)19-10-6-3-7-11-19/h2-11,20H,12-17H2,1H3. The zero-order valence-electron chi connectivity index (χ0n) is 14.8. The Kier molecular flexibility index (Phi) is 6.91. The second-order valence-electron chi connectivity index (χ2n) is 6.57. The molecule has 2 aromatic rings. The topological polar surface area (TPSA) is 6.48 Å². The van der Waals surface area contributed by atoms with Gasteiger partial charge in [-0.3, -0.25) is 0 Å². The fourth-order valence-corrected chi connectivity index (χ4v) is 4.57. The summed E-state index contributed by atoms with van der Waals surface area (Å²) in [6, 6.07) is 21.7. The average molecular weight is 371 g/mol. The van der Waals surface area contributed by atoms with Crippen LogP contribution >= 0.6 is 24.0 Å². The molecule has 25 heavy (non-hydrogen) atoms. The lowest BCUT2D eigenvalue weighted by atomic mass is 9.89. The second-order valence-corrected chi connectivity index (χ2v) is 8.30. The van der Waals surface area contributed by atoms with Crippen LogP contribution in [-0.4, -0.2) is 53.1 Å². The largest absolute Gasteiger partial charge is 0.355 e. The molecule has 2 aromatic carbocycles. The highest BCUT2D eigenvalue weighted by Crippen LogP contribution is 2.29. The molecule has 4 heteroatoms. The van der Waals surface area contributed by atoms with Gasteiger partial charge in [-0.2, -0.15) is 0 Å². The highest BCUT2D eigenvalue weighted by molar-refractivity contribution is 8.22. The number of hydrogen-bond acceptors (Lipinski definition) is 3. The quantitative estimate of drug-likeness (QED) is 0.716. The third-order valence-corrected chi connectivity index (χ3v) is 6.35. The van der Waals surface area contributed by atoms with E-state index in [1.807, 2.05) is 11.8 Å². The zero-order chi connectivity index (χ0) is 17.5. The Morgan fingerprint density at radius 3 is 1.96 bits per heavy atom. The van der Waals surface area contributed by atoms with Gasteiger partial charge in [0.05, 0.1) is 0 Å². The van der Waals surface area contributed by atoms with Crippen molar-refractivity contribution in [3.8, 4) is 0 Å². The highest BCUT2D eigenvalue weighted by Gasteiger charge is 2.18. The minimum atomic E-state index is 0.435. The third kappa shape index (κ3) is 5.30. The normalized spacial score (nSPS) is 15.5. The van der Waals surface area contributed by atoms with Crippen molar-refractivity contribution >= 4 is 28.3 Å². The molecule has 132 valence electrons. The van der Waals surface area contributed by atoms with Crippen LogP contribution in [0, 0.1) is 0 Å². The van der Waals surface area contributed by atoms with Crippen molar-refractivity contribution < 1.29 is 0 Å². The van der Waals surface area contributed by atoms with Gasteiger partial charge in [0.25, 0.3) is 0 Å². The van der Waals surface area contributed by atoms with Gasteiger partial charge in [0.15, 0.2) is 0 Å². The van der Waals surface area contributed by atoms with Gasteiger partial charge in [0, 0.05) is 37.8 Å². The van der Waals surface area contributed by atoms with Gasteiger partial charge in [-0.1, -0.05) is 84.6 Å². The molecule has 0 atom stereocenters. The van der Waals surface area contributed by atoms with E-state index in [1.54, 1.807) is 0 Å². The molecule has 0 unspecified atom stereocenters. The fraction of sp³-hybridized carbons (Fsp3) is 0.381. The number of likely N-dealkylation sites (N-methyl/N-ethyl adjacent to an activating group) is 1. The summed E-state index contributed by atoms with van der Waals surface area (Å²) in [5.41, 5.74) is 2.78. The van der Waals surface area contributed by atoms with Crippen LogP contribution in [0.25, 0.3) is 0 Å². The maximum absolute atomic E-state index is 5.67. The Bertz CT molecular complexity index is 613. The van der Waals surface area contributed by atoms with E-state index < -0.39 is 0 Å². The molecule has 1 fully saturated rings. The molecule has 0 radical (unpaired) electrons. The summed E-state index contributed by atoms with van der Waals surface area (Å²) in [6.45, 7) is 4.33. The summed E-state index contributed by atoms with van der Waals surface area (Å²) in [7, 11) is 2.18. The van der Waals surface area contributed by atoms with Gasteiger partial charge in [0.2, 0.25) is 0 Å². The molecule has 1 saturated heterocycles. The molecular weight excluding hydrogens is 344 g/mol. The van der Waals surface area contributed by atoms with E-state index in [-0.39, 0.29) is 0 Å². The molecule has 0 aliphatic carbocycles. The molecule has 1 heterocycles. The van der Waals surface area contributed by atoms with Gasteiger partial charge in [0.1, 0.15) is 4.32 Å². The van der Waals surface area contributed by atoms with Crippen LogP contribution in [0.3, 0.4) is 0 Å². The van der Waals surface area contributed by atoms with Gasteiger partial charge in [-0.15, -0.1) is 0 Å². The first kappa shape index (κ1) is 18.4. The van der Waals surface area contributed by atoms with Crippen molar-refractivity contribution in [2.45, 2.75) is 12.3 Å². The van der Waals surface area contributed by atoms with E-state index in [0.29, 0.717) is 5.92 Å². The maximum atomic E-state index is 5.67. The van der Waals surface area contributed by atoms with E-state index in [4.69, 9.17) is 12.2 Å². The summed E-state index contributed by atoms with van der Waals surface area (Å²) in [5, 5.41) is 0. The molecule has 2 nitrogen and oxygen atoms in total. The summed E-state index contributed by atoms with van der Waals surface area (Å²) in [5.74, 6) is 1.49. The number of thiocarbonyl (C=S) groups is 1. The summed E-state index contributed by atoms with van der Waals surface area (Å²) in [4.78, 5) is 4.73. The van der Waals surface area contributed by atoms with Crippen molar-refractivity contribution in [3.05, 3.63) is 71.8 Å². The van der Waals surface area contributed by atoms with Crippen molar-refractivity contribution in [3.63, 3.8) is 0 Å². The van der Waals surface area contributed by atoms with Crippen molar-refractivity contribution in [1.82, 2.24) is 9.80 Å². The Labute approximate surface area is 161 Å². The molecule has 0 amide bonds. The molecule has 0 bridgehead atoms. The lowest BCUT2D eigenvalue weighted by Gasteiger charge is -2.33. The van der Waals surface area contributed by atoms with Crippen molar-refractivity contribution in [2.24, 2.45) is 0 Å². The lowest BCUT2D eigenvalue weighted by molar-refractivity contribution is 0.220. The fourth-order valence-electron chi connectivity index (χ4n) is 3.24. The lowest BCUT2D eigenvalue weighted by Crippen LogP contribution is -2.45. The van der Waals surface area contributed by atoms with Crippen LogP contribution in [0.2, 0.25) is 0 Å². The van der Waals surface area contributed by atoms with Crippen LogP contribution in [0.15, 0.2) is 60.7 Å². The van der Waals surface area contributed by atoms with Crippen molar-refractivity contribution in [2.75, 3.05) is 39.0 Å². The minimum Gasteiger partial charge on any atom is -0.355 e. The Morgan fingerprint density at radius 1 is 0.920 bits per heavy atom. The average Bonchev–Trinajstić information content (AvgIpc) is 2.67. The summed E-state index contributed by atoms with van der Waals surface area (Å²) >= 11 is 7.51. The molecule has 0 N–H and O–H groups in total. The molecular formula is C21H26N2S2. The van der Waals surface area contributed by atoms with Gasteiger partial charge in [-0.25, -0.2) is 0 Å². The Hall–Kier alpha value is -1.36. The van der Waals surface area contributed by atoms with Crippen LogP contribution in [-0.2, 0) is 0 Å². The molecule has 0 aromatic heterocycles. The third-order valence-electron chi connectivity index (χ3n) is 4.80. The number of nitrogens with zero attached hydrogens (tertiary/aromatic N) is 2. The predicted octanol–water partition coefficient (Wildman–Crippen LogP) is 4.47. The van der Waals surface area contributed by atoms with Gasteiger partial charge in [-0.05, 0) is 24.6 Å². The van der Waals surface area contributed by atoms with Crippen LogP contribution in [0.4, 0.5) is 0 Å². The SMILES string of the molecule is CN1CCN(C(=S)SCCC(c2ccccc2)c2ccccc2)CC1. The van der Waals surface area contributed by atoms with E-state index in [2.05, 4.69) is 77.5 Å². The highest BCUT2D eigenvalue weighted by atomic mass is 32.2. The number of benzene rings is 2. The molecule has 0 spiro atoms. The second kappa shape index (κ2) is 9.37. The zero-order valence-corrected chi connectivity index (χ0v) is 16.4. The molecule has 0 saturated carbocycles. The number of hydrogen-bond donors (Lipinski definition) is 0. The van der Waals surface area contributed by atoms with Crippen LogP contribution < -0.4 is 0 Å². The van der Waals surface area contributed by atoms with E-state index in [1.165, 1.54) is 11.1 Å². The van der Waals surface area contributed by atoms with E-state index in [9.17, 15) is 0 Å². The summed E-state index contributed by atoms with van der Waals surface area (Å²) in [6.07, 6.45) is 1.10.